The first kappa shape index (κ1) is 23.6. The third kappa shape index (κ3) is 4.85. The van der Waals surface area contributed by atoms with E-state index in [0.29, 0.717) is 24.0 Å². The maximum absolute atomic E-state index is 12.7. The largest absolute Gasteiger partial charge is 0.397 e. The third-order valence-electron chi connectivity index (χ3n) is 6.23. The number of likely N-dealkylation sites (tertiary alicyclic amines) is 1. The Balaban J connectivity index is 1.62. The highest BCUT2D eigenvalue weighted by Gasteiger charge is 2.37. The molecule has 2 atom stereocenters. The number of rotatable bonds is 6. The van der Waals surface area contributed by atoms with E-state index in [-0.39, 0.29) is 30.6 Å². The van der Waals surface area contributed by atoms with Gasteiger partial charge < -0.3 is 16.0 Å². The van der Waals surface area contributed by atoms with Crippen LogP contribution in [0.2, 0.25) is 0 Å². The van der Waals surface area contributed by atoms with Crippen LogP contribution in [0.5, 0.6) is 0 Å². The maximum atomic E-state index is 12.7. The zero-order valence-electron chi connectivity index (χ0n) is 18.8. The minimum absolute atomic E-state index is 0.104. The smallest absolute Gasteiger partial charge is 0.379 e. The van der Waals surface area contributed by atoms with Crippen LogP contribution in [0.15, 0.2) is 30.9 Å². The molecule has 1 aliphatic heterocycles. The van der Waals surface area contributed by atoms with Crippen LogP contribution in [0.1, 0.15) is 36.5 Å². The Labute approximate surface area is 193 Å². The summed E-state index contributed by atoms with van der Waals surface area (Å²) in [5.41, 5.74) is 8.71. The van der Waals surface area contributed by atoms with Gasteiger partial charge in [0.25, 0.3) is 5.91 Å². The van der Waals surface area contributed by atoms with E-state index in [2.05, 4.69) is 15.5 Å². The molecule has 12 heteroatoms. The number of halogens is 3. The van der Waals surface area contributed by atoms with Crippen molar-refractivity contribution in [2.24, 2.45) is 18.7 Å². The van der Waals surface area contributed by atoms with Crippen LogP contribution < -0.4 is 11.1 Å². The highest BCUT2D eigenvalue weighted by Crippen LogP contribution is 2.32. The molecule has 0 unspecified atom stereocenters. The zero-order chi connectivity index (χ0) is 24.6. The number of nitrogens with two attached hydrogens (primary N) is 1. The van der Waals surface area contributed by atoms with Gasteiger partial charge in [0.05, 0.1) is 29.2 Å². The van der Waals surface area contributed by atoms with E-state index < -0.39 is 24.4 Å². The molecule has 1 saturated heterocycles. The Morgan fingerprint density at radius 3 is 2.59 bits per heavy atom. The molecule has 0 radical (unpaired) electrons. The van der Waals surface area contributed by atoms with Gasteiger partial charge in [0.1, 0.15) is 6.42 Å². The van der Waals surface area contributed by atoms with Gasteiger partial charge in [-0.2, -0.15) is 23.4 Å². The van der Waals surface area contributed by atoms with Crippen molar-refractivity contribution in [2.45, 2.75) is 38.4 Å². The molecule has 1 fully saturated rings. The van der Waals surface area contributed by atoms with Gasteiger partial charge in [0.15, 0.2) is 0 Å². The number of aromatic nitrogens is 4. The highest BCUT2D eigenvalue weighted by atomic mass is 19.4. The van der Waals surface area contributed by atoms with Gasteiger partial charge >= 0.3 is 6.18 Å². The Morgan fingerprint density at radius 1 is 1.21 bits per heavy atom. The van der Waals surface area contributed by atoms with E-state index in [1.54, 1.807) is 15.4 Å². The molecule has 2 amide bonds. The van der Waals surface area contributed by atoms with Crippen molar-refractivity contribution in [1.29, 1.82) is 0 Å². The lowest BCUT2D eigenvalue weighted by Crippen LogP contribution is -2.49. The van der Waals surface area contributed by atoms with Crippen molar-refractivity contribution in [1.82, 2.24) is 24.3 Å². The summed E-state index contributed by atoms with van der Waals surface area (Å²) in [6.07, 6.45) is 1.88. The number of amides is 2. The molecular weight excluding hydrogens is 451 g/mol. The molecule has 0 saturated carbocycles. The molecule has 3 N–H and O–H groups in total. The molecule has 3 aromatic rings. The lowest BCUT2D eigenvalue weighted by Gasteiger charge is -2.39. The van der Waals surface area contributed by atoms with Gasteiger partial charge in [-0.25, -0.2) is 4.52 Å². The van der Waals surface area contributed by atoms with Crippen molar-refractivity contribution in [3.8, 4) is 11.1 Å². The van der Waals surface area contributed by atoms with Gasteiger partial charge in [-0.15, -0.1) is 0 Å². The van der Waals surface area contributed by atoms with Crippen LogP contribution in [0, 0.1) is 5.92 Å². The highest BCUT2D eigenvalue weighted by molar-refractivity contribution is 6.02. The number of alkyl halides is 3. The number of nitrogens with zero attached hydrogens (tertiary/aromatic N) is 5. The molecule has 0 aliphatic carbocycles. The molecule has 4 heterocycles. The molecule has 3 aromatic heterocycles. The fourth-order valence-electron chi connectivity index (χ4n) is 4.45. The molecule has 182 valence electrons. The van der Waals surface area contributed by atoms with Crippen molar-refractivity contribution in [3.63, 3.8) is 0 Å². The molecule has 0 spiro atoms. The normalized spacial score (nSPS) is 18.9. The van der Waals surface area contributed by atoms with Crippen LogP contribution in [0.3, 0.4) is 0 Å². The minimum atomic E-state index is -4.53. The minimum Gasteiger partial charge on any atom is -0.379 e. The fourth-order valence-corrected chi connectivity index (χ4v) is 4.45. The second-order valence-electron chi connectivity index (χ2n) is 8.60. The molecule has 9 nitrogen and oxygen atoms in total. The number of carbonyl (C=O) groups is 2. The van der Waals surface area contributed by atoms with E-state index in [0.717, 1.165) is 11.1 Å². The summed E-state index contributed by atoms with van der Waals surface area (Å²) in [5.74, 6) is -1.67. The average molecular weight is 477 g/mol. The number of primary amides is 1. The average Bonchev–Trinajstić information content (AvgIpc) is 3.39. The molecule has 4 rings (SSSR count). The number of piperidine rings is 1. The number of carbonyl (C=O) groups excluding carboxylic acids is 2. The van der Waals surface area contributed by atoms with Gasteiger partial charge in [-0.1, -0.05) is 6.92 Å². The first-order valence-corrected chi connectivity index (χ1v) is 11.0. The molecule has 0 aromatic carbocycles. The zero-order valence-corrected chi connectivity index (χ0v) is 18.8. The van der Waals surface area contributed by atoms with E-state index >= 15 is 0 Å². The number of fused-ring (bicyclic) bond motifs is 1. The van der Waals surface area contributed by atoms with Crippen LogP contribution in [-0.4, -0.2) is 61.4 Å². The second kappa shape index (κ2) is 8.99. The van der Waals surface area contributed by atoms with E-state index in [4.69, 9.17) is 5.73 Å². The van der Waals surface area contributed by atoms with Crippen LogP contribution >= 0.6 is 0 Å². The van der Waals surface area contributed by atoms with Gasteiger partial charge in [-0.3, -0.25) is 14.3 Å². The topological polar surface area (TPSA) is 111 Å². The van der Waals surface area contributed by atoms with Crippen molar-refractivity contribution in [3.05, 3.63) is 36.4 Å². The van der Waals surface area contributed by atoms with Crippen molar-refractivity contribution >= 4 is 23.0 Å². The predicted molar refractivity (Wildman–Crippen MR) is 119 cm³/mol. The predicted octanol–water partition coefficient (Wildman–Crippen LogP) is 2.83. The number of hydrogen-bond donors (Lipinski definition) is 2. The van der Waals surface area contributed by atoms with Gasteiger partial charge in [0, 0.05) is 49.7 Å². The third-order valence-corrected chi connectivity index (χ3v) is 6.23. The Morgan fingerprint density at radius 2 is 1.97 bits per heavy atom. The Bertz CT molecular complexity index is 1220. The van der Waals surface area contributed by atoms with Crippen LogP contribution in [-0.2, 0) is 11.8 Å². The Kier molecular flexibility index (Phi) is 6.24. The standard InChI is InChI=1S/C22H26F3N7O2/c1-3-13-11-31(19(33)7-22(23,24)25)5-4-17(13)29-20-16(21(26)34)9-28-32-12-14(6-18(20)32)15-8-27-30(2)10-15/h6,8-10,12-13,17,29H,3-5,7,11H2,1-2H3,(H2,26,34)/t13-,17-/m1/s1. The summed E-state index contributed by atoms with van der Waals surface area (Å²) >= 11 is 0. The fraction of sp³-hybridized carbons (Fsp3) is 0.455. The summed E-state index contributed by atoms with van der Waals surface area (Å²) in [5, 5.41) is 11.9. The lowest BCUT2D eigenvalue weighted by atomic mass is 9.89. The summed E-state index contributed by atoms with van der Waals surface area (Å²) in [6.45, 7) is 2.32. The monoisotopic (exact) mass is 477 g/mol. The molecular formula is C22H26F3N7O2. The van der Waals surface area contributed by atoms with Crippen molar-refractivity contribution in [2.75, 3.05) is 18.4 Å². The van der Waals surface area contributed by atoms with E-state index in [9.17, 15) is 22.8 Å². The first-order valence-electron chi connectivity index (χ1n) is 11.0. The quantitative estimate of drug-likeness (QED) is 0.567. The van der Waals surface area contributed by atoms with Gasteiger partial charge in [-0.05, 0) is 24.8 Å². The number of aryl methyl sites for hydroxylation is 1. The summed E-state index contributed by atoms with van der Waals surface area (Å²) < 4.78 is 41.4. The van der Waals surface area contributed by atoms with Crippen LogP contribution in [0.4, 0.5) is 18.9 Å². The molecule has 0 bridgehead atoms. The molecule has 34 heavy (non-hydrogen) atoms. The van der Waals surface area contributed by atoms with E-state index in [1.165, 1.54) is 11.1 Å². The second-order valence-corrected chi connectivity index (χ2v) is 8.60. The summed E-state index contributed by atoms with van der Waals surface area (Å²) in [7, 11) is 1.81. The van der Waals surface area contributed by atoms with Crippen molar-refractivity contribution < 1.29 is 22.8 Å². The molecule has 1 aliphatic rings. The van der Waals surface area contributed by atoms with Gasteiger partial charge in [0.2, 0.25) is 5.91 Å². The maximum Gasteiger partial charge on any atom is 0.397 e. The van der Waals surface area contributed by atoms with Crippen LogP contribution in [0.25, 0.3) is 16.6 Å². The number of hydrogen-bond acceptors (Lipinski definition) is 5. The summed E-state index contributed by atoms with van der Waals surface area (Å²) in [6, 6.07) is 1.71. The number of nitrogens with one attached hydrogen (secondary N) is 1. The summed E-state index contributed by atoms with van der Waals surface area (Å²) in [4.78, 5) is 25.5. The SMILES string of the molecule is CC[C@@H]1CN(C(=O)CC(F)(F)F)CC[C@H]1Nc1c(C(N)=O)cnn2cc(-c3cnn(C)c3)cc12. The first-order chi connectivity index (χ1) is 16.1. The number of anilines is 1. The lowest BCUT2D eigenvalue weighted by molar-refractivity contribution is -0.162. The Hall–Kier alpha value is -3.57. The van der Waals surface area contributed by atoms with E-state index in [1.807, 2.05) is 32.4 Å².